The molecular weight excluding hydrogens is 220 g/mol. The Kier molecular flexibility index (Phi) is 7.36. The minimum Gasteiger partial charge on any atom is -0.346 e. The van der Waals surface area contributed by atoms with E-state index in [9.17, 15) is 18.4 Å². The fourth-order valence-electron chi connectivity index (χ4n) is 1.11. The standard InChI is InChI=1S/C9H17F2N3O2/c1-2-3-14(6-7(10)11)9(16)5-13-8(15)4-12/h7H,2-6,12H2,1H3,(H,13,15). The van der Waals surface area contributed by atoms with Crippen LogP contribution in [0.3, 0.4) is 0 Å². The molecule has 0 bridgehead atoms. The zero-order chi connectivity index (χ0) is 12.6. The van der Waals surface area contributed by atoms with Crippen LogP contribution >= 0.6 is 0 Å². The molecule has 0 aromatic carbocycles. The minimum atomic E-state index is -2.57. The van der Waals surface area contributed by atoms with Gasteiger partial charge >= 0.3 is 0 Å². The van der Waals surface area contributed by atoms with Gasteiger partial charge in [0.25, 0.3) is 6.43 Å². The lowest BCUT2D eigenvalue weighted by atomic mass is 10.3. The molecule has 0 aromatic rings. The molecule has 94 valence electrons. The lowest BCUT2D eigenvalue weighted by Crippen LogP contribution is -2.43. The molecular formula is C9H17F2N3O2. The Morgan fingerprint density at radius 1 is 1.44 bits per heavy atom. The summed E-state index contributed by atoms with van der Waals surface area (Å²) in [4.78, 5) is 23.2. The number of rotatable bonds is 7. The maximum Gasteiger partial charge on any atom is 0.255 e. The first kappa shape index (κ1) is 14.8. The van der Waals surface area contributed by atoms with Crippen LogP contribution in [-0.4, -0.2) is 49.3 Å². The number of carbonyl (C=O) groups excluding carboxylic acids is 2. The Bertz CT molecular complexity index is 237. The smallest absolute Gasteiger partial charge is 0.255 e. The molecule has 0 spiro atoms. The summed E-state index contributed by atoms with van der Waals surface area (Å²) in [5.41, 5.74) is 5.02. The van der Waals surface area contributed by atoms with Crippen molar-refractivity contribution in [1.29, 1.82) is 0 Å². The highest BCUT2D eigenvalue weighted by atomic mass is 19.3. The third-order valence-corrected chi connectivity index (χ3v) is 1.83. The van der Waals surface area contributed by atoms with Crippen molar-refractivity contribution < 1.29 is 18.4 Å². The van der Waals surface area contributed by atoms with Crippen molar-refractivity contribution in [2.24, 2.45) is 5.73 Å². The zero-order valence-corrected chi connectivity index (χ0v) is 9.21. The molecule has 7 heteroatoms. The quantitative estimate of drug-likeness (QED) is 0.630. The third-order valence-electron chi connectivity index (χ3n) is 1.83. The van der Waals surface area contributed by atoms with Crippen molar-refractivity contribution in [2.75, 3.05) is 26.2 Å². The van der Waals surface area contributed by atoms with Gasteiger partial charge < -0.3 is 16.0 Å². The van der Waals surface area contributed by atoms with Crippen molar-refractivity contribution in [3.8, 4) is 0 Å². The number of carbonyl (C=O) groups is 2. The van der Waals surface area contributed by atoms with Gasteiger partial charge in [0.15, 0.2) is 0 Å². The van der Waals surface area contributed by atoms with Crippen LogP contribution in [-0.2, 0) is 9.59 Å². The maximum atomic E-state index is 12.1. The summed E-state index contributed by atoms with van der Waals surface area (Å²) in [6.07, 6.45) is -1.98. The summed E-state index contributed by atoms with van der Waals surface area (Å²) in [6.45, 7) is 0.912. The molecule has 2 amide bonds. The normalized spacial score (nSPS) is 10.3. The summed E-state index contributed by atoms with van der Waals surface area (Å²) in [5.74, 6) is -1.01. The van der Waals surface area contributed by atoms with Crippen molar-refractivity contribution >= 4 is 11.8 Å². The van der Waals surface area contributed by atoms with E-state index in [2.05, 4.69) is 5.32 Å². The molecule has 0 aromatic heterocycles. The number of hydrogen-bond donors (Lipinski definition) is 2. The molecule has 0 fully saturated rings. The van der Waals surface area contributed by atoms with Crippen LogP contribution in [0.15, 0.2) is 0 Å². The lowest BCUT2D eigenvalue weighted by Gasteiger charge is -2.21. The molecule has 16 heavy (non-hydrogen) atoms. The van der Waals surface area contributed by atoms with E-state index < -0.39 is 24.8 Å². The minimum absolute atomic E-state index is 0.226. The first-order valence-electron chi connectivity index (χ1n) is 5.04. The second kappa shape index (κ2) is 7.98. The van der Waals surface area contributed by atoms with Gasteiger partial charge in [0.2, 0.25) is 11.8 Å². The van der Waals surface area contributed by atoms with Gasteiger partial charge in [0.1, 0.15) is 0 Å². The molecule has 0 unspecified atom stereocenters. The van der Waals surface area contributed by atoms with Gasteiger partial charge in [-0.15, -0.1) is 0 Å². The fraction of sp³-hybridized carbons (Fsp3) is 0.778. The van der Waals surface area contributed by atoms with Crippen LogP contribution < -0.4 is 11.1 Å². The van der Waals surface area contributed by atoms with Crippen LogP contribution in [0.2, 0.25) is 0 Å². The number of halogens is 2. The third kappa shape index (κ3) is 6.28. The predicted octanol–water partition coefficient (Wildman–Crippen LogP) is -0.435. The molecule has 5 nitrogen and oxygen atoms in total. The second-order valence-corrected chi connectivity index (χ2v) is 3.21. The number of amides is 2. The highest BCUT2D eigenvalue weighted by molar-refractivity contribution is 5.85. The van der Waals surface area contributed by atoms with Crippen molar-refractivity contribution in [2.45, 2.75) is 19.8 Å². The maximum absolute atomic E-state index is 12.1. The summed E-state index contributed by atoms with van der Waals surface area (Å²) in [5, 5.41) is 2.24. The van der Waals surface area contributed by atoms with E-state index in [1.807, 2.05) is 0 Å². The summed E-state index contributed by atoms with van der Waals surface area (Å²) >= 11 is 0. The molecule has 0 heterocycles. The van der Waals surface area contributed by atoms with E-state index in [-0.39, 0.29) is 19.6 Å². The molecule has 0 rings (SSSR count). The van der Waals surface area contributed by atoms with E-state index in [0.29, 0.717) is 6.42 Å². The second-order valence-electron chi connectivity index (χ2n) is 3.21. The molecule has 0 saturated heterocycles. The van der Waals surface area contributed by atoms with Crippen LogP contribution in [0, 0.1) is 0 Å². The molecule has 0 radical (unpaired) electrons. The van der Waals surface area contributed by atoms with Crippen molar-refractivity contribution in [3.63, 3.8) is 0 Å². The number of nitrogens with zero attached hydrogens (tertiary/aromatic N) is 1. The number of nitrogens with one attached hydrogen (secondary N) is 1. The van der Waals surface area contributed by atoms with Crippen LogP contribution in [0.1, 0.15) is 13.3 Å². The zero-order valence-electron chi connectivity index (χ0n) is 9.21. The fourth-order valence-corrected chi connectivity index (χ4v) is 1.11. The molecule has 0 saturated carbocycles. The average Bonchev–Trinajstić information content (AvgIpc) is 2.24. The summed E-state index contributed by atoms with van der Waals surface area (Å²) in [6, 6.07) is 0. The van der Waals surface area contributed by atoms with Crippen molar-refractivity contribution in [3.05, 3.63) is 0 Å². The number of hydrogen-bond acceptors (Lipinski definition) is 3. The summed E-state index contributed by atoms with van der Waals surface area (Å²) in [7, 11) is 0. The molecule has 0 atom stereocenters. The first-order valence-corrected chi connectivity index (χ1v) is 5.04. The number of alkyl halides is 2. The Morgan fingerprint density at radius 2 is 2.06 bits per heavy atom. The van der Waals surface area contributed by atoms with Crippen LogP contribution in [0.5, 0.6) is 0 Å². The van der Waals surface area contributed by atoms with Crippen molar-refractivity contribution in [1.82, 2.24) is 10.2 Å². The summed E-state index contributed by atoms with van der Waals surface area (Å²) < 4.78 is 24.3. The van der Waals surface area contributed by atoms with Crippen LogP contribution in [0.4, 0.5) is 8.78 Å². The molecule has 0 aliphatic heterocycles. The van der Waals surface area contributed by atoms with Gasteiger partial charge in [-0.2, -0.15) is 0 Å². The monoisotopic (exact) mass is 237 g/mol. The Labute approximate surface area is 93.0 Å². The predicted molar refractivity (Wildman–Crippen MR) is 54.9 cm³/mol. The highest BCUT2D eigenvalue weighted by Gasteiger charge is 2.17. The van der Waals surface area contributed by atoms with Gasteiger partial charge in [-0.3, -0.25) is 9.59 Å². The van der Waals surface area contributed by atoms with Gasteiger partial charge in [-0.1, -0.05) is 6.92 Å². The molecule has 3 N–H and O–H groups in total. The average molecular weight is 237 g/mol. The van der Waals surface area contributed by atoms with E-state index in [4.69, 9.17) is 5.73 Å². The lowest BCUT2D eigenvalue weighted by molar-refractivity contribution is -0.134. The van der Waals surface area contributed by atoms with Crippen LogP contribution in [0.25, 0.3) is 0 Å². The Balaban J connectivity index is 4.10. The highest BCUT2D eigenvalue weighted by Crippen LogP contribution is 2.00. The van der Waals surface area contributed by atoms with Gasteiger partial charge in [0, 0.05) is 6.54 Å². The Hall–Kier alpha value is -1.24. The topological polar surface area (TPSA) is 75.4 Å². The van der Waals surface area contributed by atoms with E-state index in [1.54, 1.807) is 6.92 Å². The van der Waals surface area contributed by atoms with Gasteiger partial charge in [-0.05, 0) is 6.42 Å². The van der Waals surface area contributed by atoms with E-state index >= 15 is 0 Å². The molecule has 0 aliphatic carbocycles. The first-order chi connectivity index (χ1) is 7.51. The number of nitrogens with two attached hydrogens (primary N) is 1. The largest absolute Gasteiger partial charge is 0.346 e. The Morgan fingerprint density at radius 3 is 2.50 bits per heavy atom. The SMILES string of the molecule is CCCN(CC(F)F)C(=O)CNC(=O)CN. The van der Waals surface area contributed by atoms with Gasteiger partial charge in [-0.25, -0.2) is 8.78 Å². The van der Waals surface area contributed by atoms with Gasteiger partial charge in [0.05, 0.1) is 19.6 Å². The molecule has 0 aliphatic rings. The van der Waals surface area contributed by atoms with E-state index in [1.165, 1.54) is 0 Å². The van der Waals surface area contributed by atoms with E-state index in [0.717, 1.165) is 4.90 Å².